The predicted molar refractivity (Wildman–Crippen MR) is 89.1 cm³/mol. The Balaban J connectivity index is 1.86. The maximum atomic E-state index is 13.0. The van der Waals surface area contributed by atoms with Gasteiger partial charge in [-0.05, 0) is 57.7 Å². The van der Waals surface area contributed by atoms with E-state index in [0.29, 0.717) is 18.1 Å². The Morgan fingerprint density at radius 2 is 2.09 bits per heavy atom. The summed E-state index contributed by atoms with van der Waals surface area (Å²) in [6.07, 6.45) is 2.51. The molecule has 0 heterocycles. The SMILES string of the molecule is CC(C)(C)OC(=O)NC1(CNCc2ccc(F)cc2Cl)CCC1. The van der Waals surface area contributed by atoms with Gasteiger partial charge in [-0.25, -0.2) is 9.18 Å². The quantitative estimate of drug-likeness (QED) is 0.849. The van der Waals surface area contributed by atoms with Gasteiger partial charge >= 0.3 is 6.09 Å². The number of benzene rings is 1. The molecule has 0 radical (unpaired) electrons. The third-order valence-electron chi connectivity index (χ3n) is 3.87. The third-order valence-corrected chi connectivity index (χ3v) is 4.22. The second kappa shape index (κ2) is 7.05. The van der Waals surface area contributed by atoms with Crippen LogP contribution in [-0.2, 0) is 11.3 Å². The van der Waals surface area contributed by atoms with E-state index in [9.17, 15) is 9.18 Å². The average molecular weight is 343 g/mol. The molecule has 0 saturated heterocycles. The molecule has 128 valence electrons. The van der Waals surface area contributed by atoms with E-state index >= 15 is 0 Å². The molecule has 1 saturated carbocycles. The normalized spacial score (nSPS) is 16.6. The van der Waals surface area contributed by atoms with Crippen molar-refractivity contribution in [1.29, 1.82) is 0 Å². The first kappa shape index (κ1) is 18.0. The van der Waals surface area contributed by atoms with E-state index in [1.165, 1.54) is 12.1 Å². The minimum Gasteiger partial charge on any atom is -0.444 e. The lowest BCUT2D eigenvalue weighted by Crippen LogP contribution is -2.59. The summed E-state index contributed by atoms with van der Waals surface area (Å²) >= 11 is 6.01. The van der Waals surface area contributed by atoms with E-state index in [2.05, 4.69) is 10.6 Å². The molecule has 0 aromatic heterocycles. The number of nitrogens with one attached hydrogen (secondary N) is 2. The summed E-state index contributed by atoms with van der Waals surface area (Å²) in [5, 5.41) is 6.68. The lowest BCUT2D eigenvalue weighted by atomic mass is 9.76. The number of carbonyl (C=O) groups is 1. The number of ether oxygens (including phenoxy) is 1. The lowest BCUT2D eigenvalue weighted by molar-refractivity contribution is 0.0382. The van der Waals surface area contributed by atoms with Crippen LogP contribution in [0.1, 0.15) is 45.6 Å². The van der Waals surface area contributed by atoms with Crippen molar-refractivity contribution in [1.82, 2.24) is 10.6 Å². The Morgan fingerprint density at radius 1 is 1.39 bits per heavy atom. The van der Waals surface area contributed by atoms with Crippen molar-refractivity contribution in [3.8, 4) is 0 Å². The maximum Gasteiger partial charge on any atom is 0.408 e. The highest BCUT2D eigenvalue weighted by Gasteiger charge is 2.39. The first-order chi connectivity index (χ1) is 10.7. The minimum atomic E-state index is -0.510. The molecule has 1 aromatic rings. The number of rotatable bonds is 5. The number of amides is 1. The highest BCUT2D eigenvalue weighted by molar-refractivity contribution is 6.31. The molecule has 0 unspecified atom stereocenters. The molecule has 2 rings (SSSR count). The lowest BCUT2D eigenvalue weighted by Gasteiger charge is -2.42. The van der Waals surface area contributed by atoms with Gasteiger partial charge in [-0.3, -0.25) is 0 Å². The monoisotopic (exact) mass is 342 g/mol. The molecule has 0 atom stereocenters. The van der Waals surface area contributed by atoms with Gasteiger partial charge in [-0.15, -0.1) is 0 Å². The van der Waals surface area contributed by atoms with Gasteiger partial charge in [0.25, 0.3) is 0 Å². The van der Waals surface area contributed by atoms with Crippen LogP contribution in [0.25, 0.3) is 0 Å². The molecule has 23 heavy (non-hydrogen) atoms. The zero-order valence-corrected chi connectivity index (χ0v) is 14.6. The topological polar surface area (TPSA) is 50.4 Å². The van der Waals surface area contributed by atoms with Crippen molar-refractivity contribution >= 4 is 17.7 Å². The fourth-order valence-corrected chi connectivity index (χ4v) is 2.81. The van der Waals surface area contributed by atoms with Gasteiger partial charge in [0.15, 0.2) is 0 Å². The Kier molecular flexibility index (Phi) is 5.53. The highest BCUT2D eigenvalue weighted by atomic mass is 35.5. The van der Waals surface area contributed by atoms with Gasteiger partial charge < -0.3 is 15.4 Å². The van der Waals surface area contributed by atoms with Crippen LogP contribution in [0.3, 0.4) is 0 Å². The summed E-state index contributed by atoms with van der Waals surface area (Å²) in [5.41, 5.74) is 0.0543. The Bertz CT molecular complexity index is 568. The van der Waals surface area contributed by atoms with Crippen molar-refractivity contribution in [2.75, 3.05) is 6.54 Å². The zero-order valence-electron chi connectivity index (χ0n) is 13.8. The maximum absolute atomic E-state index is 13.0. The fourth-order valence-electron chi connectivity index (χ4n) is 2.57. The Labute approximate surface area is 141 Å². The van der Waals surface area contributed by atoms with Crippen LogP contribution in [0.5, 0.6) is 0 Å². The van der Waals surface area contributed by atoms with Crippen LogP contribution in [0.2, 0.25) is 5.02 Å². The summed E-state index contributed by atoms with van der Waals surface area (Å²) < 4.78 is 18.4. The first-order valence-electron chi connectivity index (χ1n) is 7.85. The van der Waals surface area contributed by atoms with Gasteiger partial charge in [0, 0.05) is 18.1 Å². The molecular formula is C17H24ClFN2O2. The van der Waals surface area contributed by atoms with E-state index in [-0.39, 0.29) is 17.4 Å². The molecule has 2 N–H and O–H groups in total. The van der Waals surface area contributed by atoms with Gasteiger partial charge in [0.05, 0.1) is 5.54 Å². The van der Waals surface area contributed by atoms with E-state index in [0.717, 1.165) is 24.8 Å². The second-order valence-electron chi connectivity index (χ2n) is 7.10. The number of alkyl carbamates (subject to hydrolysis) is 1. The van der Waals surface area contributed by atoms with Gasteiger partial charge in [0.1, 0.15) is 11.4 Å². The minimum absolute atomic E-state index is 0.269. The summed E-state index contributed by atoms with van der Waals surface area (Å²) in [6.45, 7) is 6.68. The second-order valence-corrected chi connectivity index (χ2v) is 7.51. The van der Waals surface area contributed by atoms with Crippen molar-refractivity contribution in [2.45, 2.75) is 57.7 Å². The van der Waals surface area contributed by atoms with E-state index in [4.69, 9.17) is 16.3 Å². The zero-order chi connectivity index (χ0) is 17.1. The molecule has 1 amide bonds. The summed E-state index contributed by atoms with van der Waals surface area (Å²) in [5.74, 6) is -0.346. The van der Waals surface area contributed by atoms with Crippen molar-refractivity contribution < 1.29 is 13.9 Å². The largest absolute Gasteiger partial charge is 0.444 e. The van der Waals surface area contributed by atoms with Crippen molar-refractivity contribution in [3.05, 3.63) is 34.6 Å². The molecule has 1 aromatic carbocycles. The predicted octanol–water partition coefficient (Wildman–Crippen LogP) is 4.02. The number of halogens is 2. The first-order valence-corrected chi connectivity index (χ1v) is 8.23. The molecule has 6 heteroatoms. The molecule has 0 aliphatic heterocycles. The standard InChI is InChI=1S/C17H24ClFN2O2/c1-16(2,3)23-15(22)21-17(7-4-8-17)11-20-10-12-5-6-13(19)9-14(12)18/h5-6,9,20H,4,7-8,10-11H2,1-3H3,(H,21,22). The van der Waals surface area contributed by atoms with Crippen LogP contribution in [-0.4, -0.2) is 23.8 Å². The van der Waals surface area contributed by atoms with E-state index < -0.39 is 5.60 Å². The van der Waals surface area contributed by atoms with Crippen LogP contribution in [0.4, 0.5) is 9.18 Å². The highest BCUT2D eigenvalue weighted by Crippen LogP contribution is 2.31. The number of carbonyl (C=O) groups excluding carboxylic acids is 1. The molecule has 0 spiro atoms. The summed E-state index contributed by atoms with van der Waals surface area (Å²) in [6, 6.07) is 4.36. The fraction of sp³-hybridized carbons (Fsp3) is 0.588. The molecule has 1 aliphatic rings. The van der Waals surface area contributed by atoms with Crippen molar-refractivity contribution in [3.63, 3.8) is 0 Å². The summed E-state index contributed by atoms with van der Waals surface area (Å²) in [7, 11) is 0. The Morgan fingerprint density at radius 3 is 2.61 bits per heavy atom. The molecule has 0 bridgehead atoms. The Hall–Kier alpha value is -1.33. The molecule has 1 fully saturated rings. The number of hydrogen-bond acceptors (Lipinski definition) is 3. The molecule has 4 nitrogen and oxygen atoms in total. The third kappa shape index (κ3) is 5.36. The smallest absolute Gasteiger partial charge is 0.408 e. The van der Waals surface area contributed by atoms with Crippen LogP contribution in [0.15, 0.2) is 18.2 Å². The van der Waals surface area contributed by atoms with Crippen LogP contribution in [0, 0.1) is 5.82 Å². The average Bonchev–Trinajstić information content (AvgIpc) is 2.36. The molecule has 1 aliphatic carbocycles. The van der Waals surface area contributed by atoms with Crippen LogP contribution >= 0.6 is 11.6 Å². The van der Waals surface area contributed by atoms with E-state index in [1.807, 2.05) is 20.8 Å². The van der Waals surface area contributed by atoms with Gasteiger partial charge in [0.2, 0.25) is 0 Å². The van der Waals surface area contributed by atoms with Crippen molar-refractivity contribution in [2.24, 2.45) is 0 Å². The number of hydrogen-bond donors (Lipinski definition) is 2. The van der Waals surface area contributed by atoms with Gasteiger partial charge in [-0.1, -0.05) is 17.7 Å². The van der Waals surface area contributed by atoms with Gasteiger partial charge in [-0.2, -0.15) is 0 Å². The summed E-state index contributed by atoms with van der Waals surface area (Å²) in [4.78, 5) is 12.0. The van der Waals surface area contributed by atoms with E-state index in [1.54, 1.807) is 6.07 Å². The molecular weight excluding hydrogens is 319 g/mol. The van der Waals surface area contributed by atoms with Crippen LogP contribution < -0.4 is 10.6 Å².